The molecule has 0 aliphatic heterocycles. The van der Waals surface area contributed by atoms with E-state index in [4.69, 9.17) is 10.2 Å². The van der Waals surface area contributed by atoms with Crippen LogP contribution in [0.1, 0.15) is 16.8 Å². The number of carbonyl (C=O) groups is 2. The number of nitrogens with zero attached hydrogens (tertiary/aromatic N) is 1. The van der Waals surface area contributed by atoms with Crippen molar-refractivity contribution in [3.05, 3.63) is 47.2 Å². The van der Waals surface area contributed by atoms with E-state index in [1.54, 1.807) is 0 Å². The number of aliphatic hydroxyl groups excluding tert-OH is 2. The summed E-state index contributed by atoms with van der Waals surface area (Å²) >= 11 is 0. The highest BCUT2D eigenvalue weighted by Crippen LogP contribution is 2.30. The normalized spacial score (nSPS) is 9.26. The SMILES string of the molecule is CNC(=O)O.CNC(=O)O.Cc1c(CO)c(CO)c(-c2ccccc2)n1C. The largest absolute Gasteiger partial charge is 0.465 e. The molecule has 1 heterocycles. The van der Waals surface area contributed by atoms with Gasteiger partial charge in [-0.2, -0.15) is 0 Å². The van der Waals surface area contributed by atoms with Gasteiger partial charge in [0, 0.05) is 38.0 Å². The molecule has 9 nitrogen and oxygen atoms in total. The van der Waals surface area contributed by atoms with E-state index in [2.05, 4.69) is 0 Å². The summed E-state index contributed by atoms with van der Waals surface area (Å²) in [5.41, 5.74) is 4.68. The first-order valence-corrected chi connectivity index (χ1v) is 8.00. The van der Waals surface area contributed by atoms with E-state index in [9.17, 15) is 19.8 Å². The molecule has 150 valence electrons. The second kappa shape index (κ2) is 12.3. The van der Waals surface area contributed by atoms with E-state index >= 15 is 0 Å². The first-order valence-electron chi connectivity index (χ1n) is 8.00. The summed E-state index contributed by atoms with van der Waals surface area (Å²) in [5, 5.41) is 38.0. The van der Waals surface area contributed by atoms with Gasteiger partial charge in [0.1, 0.15) is 0 Å². The van der Waals surface area contributed by atoms with Crippen LogP contribution in [-0.4, -0.2) is 51.3 Å². The molecule has 0 aliphatic rings. The van der Waals surface area contributed by atoms with Gasteiger partial charge in [-0.25, -0.2) is 9.59 Å². The Hall–Kier alpha value is -3.04. The molecule has 0 saturated carbocycles. The summed E-state index contributed by atoms with van der Waals surface area (Å²) in [6.07, 6.45) is -1.99. The summed E-state index contributed by atoms with van der Waals surface area (Å²) in [4.78, 5) is 18.5. The minimum Gasteiger partial charge on any atom is -0.465 e. The molecule has 27 heavy (non-hydrogen) atoms. The van der Waals surface area contributed by atoms with E-state index in [1.807, 2.05) is 59.5 Å². The minimum absolute atomic E-state index is 0.0393. The zero-order valence-electron chi connectivity index (χ0n) is 15.9. The number of rotatable bonds is 3. The number of aromatic nitrogens is 1. The molecule has 0 radical (unpaired) electrons. The molecule has 1 aromatic carbocycles. The van der Waals surface area contributed by atoms with Crippen molar-refractivity contribution >= 4 is 12.2 Å². The average molecular weight is 381 g/mol. The lowest BCUT2D eigenvalue weighted by atomic mass is 10.0. The summed E-state index contributed by atoms with van der Waals surface area (Å²) in [6, 6.07) is 9.92. The standard InChI is InChI=1S/C14H17NO2.2C2H5NO2/c1-10-12(8-16)13(9-17)14(15(10)2)11-6-4-3-5-7-11;2*1-3-2(4)5/h3-7,16-17H,8-9H2,1-2H3;2*3H,1H3,(H,4,5). The molecule has 0 spiro atoms. The molecule has 0 unspecified atom stereocenters. The third-order valence-corrected chi connectivity index (χ3v) is 3.72. The van der Waals surface area contributed by atoms with Crippen molar-refractivity contribution in [2.75, 3.05) is 14.1 Å². The van der Waals surface area contributed by atoms with Crippen molar-refractivity contribution < 1.29 is 30.0 Å². The van der Waals surface area contributed by atoms with Crippen molar-refractivity contribution in [1.82, 2.24) is 15.2 Å². The van der Waals surface area contributed by atoms with Gasteiger partial charge in [-0.1, -0.05) is 30.3 Å². The zero-order valence-corrected chi connectivity index (χ0v) is 15.9. The van der Waals surface area contributed by atoms with Crippen LogP contribution in [-0.2, 0) is 20.3 Å². The zero-order chi connectivity index (χ0) is 21.0. The fraction of sp³-hybridized carbons (Fsp3) is 0.333. The van der Waals surface area contributed by atoms with Crippen molar-refractivity contribution in [2.24, 2.45) is 7.05 Å². The molecule has 0 aliphatic carbocycles. The Labute approximate surface area is 157 Å². The molecule has 9 heteroatoms. The predicted molar refractivity (Wildman–Crippen MR) is 102 cm³/mol. The summed E-state index contributed by atoms with van der Waals surface area (Å²) in [7, 11) is 4.65. The molecule has 2 rings (SSSR count). The lowest BCUT2D eigenvalue weighted by Gasteiger charge is -2.07. The monoisotopic (exact) mass is 381 g/mol. The van der Waals surface area contributed by atoms with Crippen LogP contribution < -0.4 is 10.6 Å². The van der Waals surface area contributed by atoms with Crippen LogP contribution in [0.2, 0.25) is 0 Å². The van der Waals surface area contributed by atoms with E-state index in [-0.39, 0.29) is 13.2 Å². The van der Waals surface area contributed by atoms with Crippen LogP contribution in [0, 0.1) is 6.92 Å². The van der Waals surface area contributed by atoms with Crippen LogP contribution in [0.3, 0.4) is 0 Å². The number of aliphatic hydroxyl groups is 2. The maximum Gasteiger partial charge on any atom is 0.404 e. The molecular formula is C18H27N3O6. The summed E-state index contributed by atoms with van der Waals surface area (Å²) < 4.78 is 2.02. The van der Waals surface area contributed by atoms with Gasteiger partial charge in [0.05, 0.1) is 18.9 Å². The Morgan fingerprint density at radius 3 is 1.67 bits per heavy atom. The highest BCUT2D eigenvalue weighted by atomic mass is 16.4. The van der Waals surface area contributed by atoms with Crippen LogP contribution in [0.4, 0.5) is 9.59 Å². The number of benzene rings is 1. The molecular weight excluding hydrogens is 354 g/mol. The smallest absolute Gasteiger partial charge is 0.404 e. The Balaban J connectivity index is 0.000000563. The number of hydrogen-bond donors (Lipinski definition) is 6. The van der Waals surface area contributed by atoms with Gasteiger partial charge in [0.25, 0.3) is 0 Å². The predicted octanol–water partition coefficient (Wildman–Crippen LogP) is 1.75. The lowest BCUT2D eigenvalue weighted by Crippen LogP contribution is -2.13. The highest BCUT2D eigenvalue weighted by Gasteiger charge is 2.17. The molecule has 0 bridgehead atoms. The fourth-order valence-electron chi connectivity index (χ4n) is 2.28. The first kappa shape index (κ1) is 24.0. The van der Waals surface area contributed by atoms with Gasteiger partial charge >= 0.3 is 12.2 Å². The van der Waals surface area contributed by atoms with Crippen molar-refractivity contribution in [3.8, 4) is 11.3 Å². The third kappa shape index (κ3) is 7.38. The van der Waals surface area contributed by atoms with E-state index in [0.29, 0.717) is 0 Å². The molecule has 6 N–H and O–H groups in total. The number of carboxylic acid groups (broad SMARTS) is 2. The Kier molecular flexibility index (Phi) is 10.9. The van der Waals surface area contributed by atoms with E-state index < -0.39 is 12.2 Å². The summed E-state index contributed by atoms with van der Waals surface area (Å²) in [6.45, 7) is 1.86. The van der Waals surface area contributed by atoms with Gasteiger partial charge in [0.2, 0.25) is 0 Å². The van der Waals surface area contributed by atoms with E-state index in [0.717, 1.165) is 28.1 Å². The van der Waals surface area contributed by atoms with Crippen LogP contribution in [0.25, 0.3) is 11.3 Å². The van der Waals surface area contributed by atoms with Crippen molar-refractivity contribution in [3.63, 3.8) is 0 Å². The quantitative estimate of drug-likeness (QED) is 0.478. The fourth-order valence-corrected chi connectivity index (χ4v) is 2.28. The molecule has 0 fully saturated rings. The van der Waals surface area contributed by atoms with Gasteiger partial charge < -0.3 is 35.6 Å². The molecule has 1 aromatic heterocycles. The van der Waals surface area contributed by atoms with Crippen molar-refractivity contribution in [1.29, 1.82) is 0 Å². The molecule has 0 atom stereocenters. The van der Waals surface area contributed by atoms with Crippen LogP contribution in [0.15, 0.2) is 30.3 Å². The Morgan fingerprint density at radius 2 is 1.33 bits per heavy atom. The Morgan fingerprint density at radius 1 is 0.926 bits per heavy atom. The number of nitrogens with one attached hydrogen (secondary N) is 2. The number of amides is 2. The number of hydrogen-bond acceptors (Lipinski definition) is 4. The molecule has 0 saturated heterocycles. The van der Waals surface area contributed by atoms with Gasteiger partial charge in [-0.15, -0.1) is 0 Å². The molecule has 2 aromatic rings. The lowest BCUT2D eigenvalue weighted by molar-refractivity contribution is 0.196. The van der Waals surface area contributed by atoms with Crippen LogP contribution in [0.5, 0.6) is 0 Å². The highest BCUT2D eigenvalue weighted by molar-refractivity contribution is 5.67. The average Bonchev–Trinajstić information content (AvgIpc) is 2.93. The van der Waals surface area contributed by atoms with Crippen LogP contribution >= 0.6 is 0 Å². The second-order valence-electron chi connectivity index (χ2n) is 5.24. The topological polar surface area (TPSA) is 144 Å². The molecule has 2 amide bonds. The first-order chi connectivity index (χ1) is 12.7. The minimum atomic E-state index is -0.995. The van der Waals surface area contributed by atoms with Crippen molar-refractivity contribution in [2.45, 2.75) is 20.1 Å². The Bertz CT molecular complexity index is 714. The summed E-state index contributed by atoms with van der Waals surface area (Å²) in [5.74, 6) is 0. The van der Waals surface area contributed by atoms with Gasteiger partial charge in [-0.05, 0) is 12.5 Å². The third-order valence-electron chi connectivity index (χ3n) is 3.72. The maximum absolute atomic E-state index is 9.51. The van der Waals surface area contributed by atoms with Gasteiger partial charge in [0.15, 0.2) is 0 Å². The maximum atomic E-state index is 9.51. The second-order valence-corrected chi connectivity index (χ2v) is 5.24. The van der Waals surface area contributed by atoms with Gasteiger partial charge in [-0.3, -0.25) is 0 Å². The van der Waals surface area contributed by atoms with E-state index in [1.165, 1.54) is 14.1 Å².